The van der Waals surface area contributed by atoms with E-state index in [0.29, 0.717) is 45.4 Å². The molecular formula is C18H30N2O5. The second-order valence-corrected chi connectivity index (χ2v) is 8.40. The summed E-state index contributed by atoms with van der Waals surface area (Å²) in [5.41, 5.74) is -1.09. The van der Waals surface area contributed by atoms with Gasteiger partial charge in [-0.3, -0.25) is 14.4 Å². The average Bonchev–Trinajstić information content (AvgIpc) is 3.01. The van der Waals surface area contributed by atoms with Gasteiger partial charge in [0.1, 0.15) is 6.04 Å². The van der Waals surface area contributed by atoms with Crippen LogP contribution in [0.2, 0.25) is 0 Å². The van der Waals surface area contributed by atoms with Crippen molar-refractivity contribution in [3.63, 3.8) is 0 Å². The summed E-state index contributed by atoms with van der Waals surface area (Å²) in [6.07, 6.45) is 2.60. The van der Waals surface area contributed by atoms with Gasteiger partial charge in [-0.15, -0.1) is 0 Å². The van der Waals surface area contributed by atoms with E-state index in [2.05, 4.69) is 5.32 Å². The summed E-state index contributed by atoms with van der Waals surface area (Å²) in [6.45, 7) is 7.45. The van der Waals surface area contributed by atoms with Gasteiger partial charge in [0.05, 0.1) is 5.41 Å². The van der Waals surface area contributed by atoms with Gasteiger partial charge in [-0.25, -0.2) is 0 Å². The SMILES string of the molecule is CC(C)(C)CC(=O)N1CCCC1C(=O)NCC1(C(=O)O)CCOCC1. The number of amides is 2. The van der Waals surface area contributed by atoms with Crippen molar-refractivity contribution < 1.29 is 24.2 Å². The van der Waals surface area contributed by atoms with Crippen molar-refractivity contribution in [1.29, 1.82) is 0 Å². The lowest BCUT2D eigenvalue weighted by Gasteiger charge is -2.34. The number of ether oxygens (including phenoxy) is 1. The molecule has 0 spiro atoms. The number of carboxylic acid groups (broad SMARTS) is 1. The molecule has 0 aromatic rings. The van der Waals surface area contributed by atoms with Crippen molar-refractivity contribution in [3.05, 3.63) is 0 Å². The van der Waals surface area contributed by atoms with E-state index in [0.717, 1.165) is 6.42 Å². The first-order chi connectivity index (χ1) is 11.6. The molecule has 2 saturated heterocycles. The van der Waals surface area contributed by atoms with Crippen LogP contribution in [0.4, 0.5) is 0 Å². The van der Waals surface area contributed by atoms with Gasteiger partial charge < -0.3 is 20.1 Å². The van der Waals surface area contributed by atoms with E-state index in [1.807, 2.05) is 20.8 Å². The zero-order valence-corrected chi connectivity index (χ0v) is 15.5. The van der Waals surface area contributed by atoms with Gasteiger partial charge in [-0.05, 0) is 31.1 Å². The lowest BCUT2D eigenvalue weighted by molar-refractivity contribution is -0.155. The maximum absolute atomic E-state index is 12.6. The molecule has 0 aromatic heterocycles. The largest absolute Gasteiger partial charge is 0.481 e. The number of carbonyl (C=O) groups is 3. The van der Waals surface area contributed by atoms with Crippen molar-refractivity contribution in [2.45, 2.75) is 58.9 Å². The van der Waals surface area contributed by atoms with Crippen LogP contribution in [-0.4, -0.2) is 60.1 Å². The summed E-state index contributed by atoms with van der Waals surface area (Å²) in [5.74, 6) is -1.15. The Morgan fingerprint density at radius 3 is 2.44 bits per heavy atom. The number of rotatable bonds is 5. The standard InChI is InChI=1S/C18H30N2O5/c1-17(2,3)11-14(21)20-8-4-5-13(20)15(22)19-12-18(16(23)24)6-9-25-10-7-18/h13H,4-12H2,1-3H3,(H,19,22)(H,23,24). The summed E-state index contributed by atoms with van der Waals surface area (Å²) >= 11 is 0. The fourth-order valence-electron chi connectivity index (χ4n) is 3.50. The lowest BCUT2D eigenvalue weighted by atomic mass is 9.80. The van der Waals surface area contributed by atoms with E-state index in [4.69, 9.17) is 4.74 Å². The van der Waals surface area contributed by atoms with Gasteiger partial charge in [0.15, 0.2) is 0 Å². The highest BCUT2D eigenvalue weighted by atomic mass is 16.5. The van der Waals surface area contributed by atoms with E-state index < -0.39 is 17.4 Å². The molecule has 1 atom stereocenters. The van der Waals surface area contributed by atoms with Crippen LogP contribution in [0, 0.1) is 10.8 Å². The normalized spacial score (nSPS) is 23.3. The molecule has 25 heavy (non-hydrogen) atoms. The fourth-order valence-corrected chi connectivity index (χ4v) is 3.50. The summed E-state index contributed by atoms with van der Waals surface area (Å²) in [5, 5.41) is 12.4. The zero-order valence-electron chi connectivity index (χ0n) is 15.5. The smallest absolute Gasteiger partial charge is 0.311 e. The molecule has 142 valence electrons. The average molecular weight is 354 g/mol. The minimum atomic E-state index is -0.966. The minimum absolute atomic E-state index is 0.0100. The van der Waals surface area contributed by atoms with Crippen LogP contribution in [0.3, 0.4) is 0 Å². The molecule has 0 saturated carbocycles. The molecule has 1 unspecified atom stereocenters. The van der Waals surface area contributed by atoms with Gasteiger partial charge >= 0.3 is 5.97 Å². The first kappa shape index (κ1) is 19.7. The van der Waals surface area contributed by atoms with Crippen molar-refractivity contribution >= 4 is 17.8 Å². The minimum Gasteiger partial charge on any atom is -0.481 e. The number of hydrogen-bond acceptors (Lipinski definition) is 4. The van der Waals surface area contributed by atoms with Gasteiger partial charge in [-0.2, -0.15) is 0 Å². The maximum Gasteiger partial charge on any atom is 0.311 e. The van der Waals surface area contributed by atoms with Gasteiger partial charge in [0, 0.05) is 32.7 Å². The van der Waals surface area contributed by atoms with Gasteiger partial charge in [0.25, 0.3) is 0 Å². The molecule has 2 rings (SSSR count). The van der Waals surface area contributed by atoms with Crippen LogP contribution < -0.4 is 5.32 Å². The number of carboxylic acids is 1. The van der Waals surface area contributed by atoms with Crippen LogP contribution >= 0.6 is 0 Å². The van der Waals surface area contributed by atoms with Crippen LogP contribution in [0.15, 0.2) is 0 Å². The zero-order chi connectivity index (χ0) is 18.7. The Balaban J connectivity index is 1.97. The number of hydrogen-bond donors (Lipinski definition) is 2. The predicted molar refractivity (Wildman–Crippen MR) is 91.9 cm³/mol. The van der Waals surface area contributed by atoms with E-state index in [1.54, 1.807) is 4.90 Å². The Kier molecular flexibility index (Phi) is 6.08. The highest BCUT2D eigenvalue weighted by Gasteiger charge is 2.42. The van der Waals surface area contributed by atoms with Crippen molar-refractivity contribution in [1.82, 2.24) is 10.2 Å². The fraction of sp³-hybridized carbons (Fsp3) is 0.833. The van der Waals surface area contributed by atoms with Crippen molar-refractivity contribution in [3.8, 4) is 0 Å². The molecule has 7 nitrogen and oxygen atoms in total. The molecule has 0 bridgehead atoms. The van der Waals surface area contributed by atoms with Crippen LogP contribution in [0.25, 0.3) is 0 Å². The summed E-state index contributed by atoms with van der Waals surface area (Å²) in [4.78, 5) is 38.4. The highest BCUT2D eigenvalue weighted by Crippen LogP contribution is 2.30. The Morgan fingerprint density at radius 1 is 1.24 bits per heavy atom. The molecule has 2 N–H and O–H groups in total. The molecule has 2 aliphatic rings. The van der Waals surface area contributed by atoms with E-state index in [9.17, 15) is 19.5 Å². The Bertz CT molecular complexity index is 520. The summed E-state index contributed by atoms with van der Waals surface area (Å²) < 4.78 is 5.25. The van der Waals surface area contributed by atoms with E-state index in [-0.39, 0.29) is 23.8 Å². The summed E-state index contributed by atoms with van der Waals surface area (Å²) in [6, 6.07) is -0.486. The van der Waals surface area contributed by atoms with Crippen LogP contribution in [0.5, 0.6) is 0 Å². The molecule has 2 heterocycles. The second-order valence-electron chi connectivity index (χ2n) is 8.40. The Hall–Kier alpha value is -1.63. The highest BCUT2D eigenvalue weighted by molar-refractivity contribution is 5.89. The number of aliphatic carboxylic acids is 1. The number of nitrogens with zero attached hydrogens (tertiary/aromatic N) is 1. The predicted octanol–water partition coefficient (Wildman–Crippen LogP) is 1.41. The number of nitrogens with one attached hydrogen (secondary N) is 1. The third kappa shape index (κ3) is 4.93. The molecule has 0 radical (unpaired) electrons. The number of carbonyl (C=O) groups excluding carboxylic acids is 2. The molecular weight excluding hydrogens is 324 g/mol. The first-order valence-electron chi connectivity index (χ1n) is 9.03. The maximum atomic E-state index is 12.6. The van der Waals surface area contributed by atoms with Crippen LogP contribution in [0.1, 0.15) is 52.9 Å². The third-order valence-corrected chi connectivity index (χ3v) is 5.06. The third-order valence-electron chi connectivity index (χ3n) is 5.06. The molecule has 2 amide bonds. The molecule has 7 heteroatoms. The van der Waals surface area contributed by atoms with E-state index in [1.165, 1.54) is 0 Å². The molecule has 0 aromatic carbocycles. The molecule has 2 fully saturated rings. The van der Waals surface area contributed by atoms with Gasteiger partial charge in [-0.1, -0.05) is 20.8 Å². The van der Waals surface area contributed by atoms with E-state index >= 15 is 0 Å². The lowest BCUT2D eigenvalue weighted by Crippen LogP contribution is -2.51. The van der Waals surface area contributed by atoms with Crippen LogP contribution in [-0.2, 0) is 19.1 Å². The molecule has 0 aliphatic carbocycles. The van der Waals surface area contributed by atoms with Crippen molar-refractivity contribution in [2.24, 2.45) is 10.8 Å². The second kappa shape index (κ2) is 7.72. The number of likely N-dealkylation sites (tertiary alicyclic amines) is 1. The topological polar surface area (TPSA) is 95.9 Å². The van der Waals surface area contributed by atoms with Crippen molar-refractivity contribution in [2.75, 3.05) is 26.3 Å². The summed E-state index contributed by atoms with van der Waals surface area (Å²) in [7, 11) is 0. The Labute approximate surface area is 149 Å². The Morgan fingerprint density at radius 2 is 1.88 bits per heavy atom. The van der Waals surface area contributed by atoms with Gasteiger partial charge in [0.2, 0.25) is 11.8 Å². The monoisotopic (exact) mass is 354 g/mol. The first-order valence-corrected chi connectivity index (χ1v) is 9.03. The molecule has 2 aliphatic heterocycles. The quantitative estimate of drug-likeness (QED) is 0.778.